The average molecular weight is 623 g/mol. The Morgan fingerprint density at radius 1 is 0.364 bits per heavy atom. The molecule has 4 aromatic carbocycles. The highest BCUT2D eigenvalue weighted by Gasteiger charge is 2.34. The van der Waals surface area contributed by atoms with Gasteiger partial charge in [0.25, 0.3) is 0 Å². The van der Waals surface area contributed by atoms with Crippen molar-refractivity contribution in [3.05, 3.63) is 70.3 Å². The summed E-state index contributed by atoms with van der Waals surface area (Å²) < 4.78 is 120. The fraction of sp³-hybridized carbons (Fsp3) is 0.250. The lowest BCUT2D eigenvalue weighted by Gasteiger charge is -2.27. The molecule has 0 saturated carbocycles. The van der Waals surface area contributed by atoms with Gasteiger partial charge in [-0.1, -0.05) is 0 Å². The molecule has 234 valence electrons. The molecule has 0 bridgehead atoms. The third kappa shape index (κ3) is 4.97. The predicted octanol–water partition coefficient (Wildman–Crippen LogP) is 8.19. The van der Waals surface area contributed by atoms with E-state index in [9.17, 15) is 26.3 Å². The van der Waals surface area contributed by atoms with Gasteiger partial charge in [-0.05, 0) is 60.4 Å². The van der Waals surface area contributed by atoms with Crippen molar-refractivity contribution in [1.82, 2.24) is 0 Å². The van der Waals surface area contributed by atoms with E-state index >= 15 is 0 Å². The Labute approximate surface area is 249 Å². The highest BCUT2D eigenvalue weighted by Crippen LogP contribution is 2.59. The van der Waals surface area contributed by atoms with E-state index in [1.54, 1.807) is 13.8 Å². The van der Waals surface area contributed by atoms with Crippen LogP contribution in [0.25, 0.3) is 33.4 Å². The standard InChI is InChI=1S/C32H28F6O6/c1-13-21(15-9-17(33)25(37)18(34)10-15)27(39-3)31(43-7)29(41-5)23(13)24-14(2)22(16-11-19(35)26(38)20(36)12-16)28(40-4)32(44-8)30(24)42-6/h9-12H,1-8H3. The third-order valence-corrected chi connectivity index (χ3v) is 7.25. The number of methoxy groups -OCH3 is 6. The van der Waals surface area contributed by atoms with Crippen LogP contribution in [-0.2, 0) is 0 Å². The zero-order valence-corrected chi connectivity index (χ0v) is 25.0. The molecule has 0 aliphatic rings. The Morgan fingerprint density at radius 3 is 0.818 bits per heavy atom. The van der Waals surface area contributed by atoms with Crippen LogP contribution in [0.2, 0.25) is 0 Å². The Bertz CT molecular complexity index is 1600. The molecule has 0 unspecified atom stereocenters. The molecule has 12 heteroatoms. The number of ether oxygens (including phenoxy) is 6. The molecular formula is C32H28F6O6. The third-order valence-electron chi connectivity index (χ3n) is 7.25. The summed E-state index contributed by atoms with van der Waals surface area (Å²) >= 11 is 0. The molecule has 0 atom stereocenters. The van der Waals surface area contributed by atoms with Crippen molar-refractivity contribution in [3.8, 4) is 67.9 Å². The molecule has 0 aliphatic heterocycles. The fourth-order valence-electron chi connectivity index (χ4n) is 5.44. The molecule has 4 aromatic rings. The summed E-state index contributed by atoms with van der Waals surface area (Å²) in [5.41, 5.74) is 1.05. The molecule has 0 heterocycles. The van der Waals surface area contributed by atoms with Gasteiger partial charge < -0.3 is 28.4 Å². The number of halogens is 6. The Morgan fingerprint density at radius 2 is 0.591 bits per heavy atom. The quantitative estimate of drug-likeness (QED) is 0.139. The lowest BCUT2D eigenvalue weighted by atomic mass is 9.85. The number of rotatable bonds is 9. The van der Waals surface area contributed by atoms with Crippen LogP contribution in [0.1, 0.15) is 11.1 Å². The van der Waals surface area contributed by atoms with Crippen LogP contribution in [0.15, 0.2) is 24.3 Å². The van der Waals surface area contributed by atoms with Gasteiger partial charge in [-0.3, -0.25) is 0 Å². The second-order valence-corrected chi connectivity index (χ2v) is 9.46. The van der Waals surface area contributed by atoms with Crippen LogP contribution in [0.5, 0.6) is 34.5 Å². The molecule has 0 aliphatic carbocycles. The van der Waals surface area contributed by atoms with Crippen molar-refractivity contribution >= 4 is 0 Å². The van der Waals surface area contributed by atoms with Crippen molar-refractivity contribution in [2.24, 2.45) is 0 Å². The summed E-state index contributed by atoms with van der Waals surface area (Å²) in [5, 5.41) is 0. The number of hydrogen-bond acceptors (Lipinski definition) is 6. The van der Waals surface area contributed by atoms with E-state index in [1.165, 1.54) is 42.7 Å². The van der Waals surface area contributed by atoms with Gasteiger partial charge in [0, 0.05) is 22.3 Å². The molecule has 0 spiro atoms. The van der Waals surface area contributed by atoms with Gasteiger partial charge >= 0.3 is 0 Å². The van der Waals surface area contributed by atoms with Gasteiger partial charge in [-0.25, -0.2) is 26.3 Å². The maximum Gasteiger partial charge on any atom is 0.204 e. The van der Waals surface area contributed by atoms with Gasteiger partial charge in [0.05, 0.1) is 42.7 Å². The smallest absolute Gasteiger partial charge is 0.204 e. The van der Waals surface area contributed by atoms with Crippen LogP contribution in [0.3, 0.4) is 0 Å². The van der Waals surface area contributed by atoms with Crippen LogP contribution in [0.4, 0.5) is 26.3 Å². The SMILES string of the molecule is COc1c(OC)c(-c2cc(F)c(F)c(F)c2)c(C)c(-c2c(C)c(-c3cc(F)c(F)c(F)c3)c(OC)c(OC)c2OC)c1OC. The van der Waals surface area contributed by atoms with Crippen LogP contribution in [0, 0.1) is 48.8 Å². The van der Waals surface area contributed by atoms with Gasteiger partial charge in [0.1, 0.15) is 0 Å². The minimum Gasteiger partial charge on any atom is -0.492 e. The molecule has 0 N–H and O–H groups in total. The molecular weight excluding hydrogens is 594 g/mol. The molecule has 0 radical (unpaired) electrons. The molecule has 44 heavy (non-hydrogen) atoms. The van der Waals surface area contributed by atoms with Crippen LogP contribution in [-0.4, -0.2) is 42.7 Å². The van der Waals surface area contributed by atoms with E-state index in [1.807, 2.05) is 0 Å². The van der Waals surface area contributed by atoms with Crippen molar-refractivity contribution in [1.29, 1.82) is 0 Å². The zero-order chi connectivity index (χ0) is 32.6. The largest absolute Gasteiger partial charge is 0.492 e. The molecule has 0 amide bonds. The lowest BCUT2D eigenvalue weighted by molar-refractivity contribution is 0.322. The maximum atomic E-state index is 14.5. The van der Waals surface area contributed by atoms with E-state index in [0.29, 0.717) is 11.1 Å². The van der Waals surface area contributed by atoms with Crippen molar-refractivity contribution in [2.45, 2.75) is 13.8 Å². The van der Waals surface area contributed by atoms with E-state index in [4.69, 9.17) is 28.4 Å². The van der Waals surface area contributed by atoms with E-state index in [-0.39, 0.29) is 67.9 Å². The zero-order valence-electron chi connectivity index (χ0n) is 25.0. The predicted molar refractivity (Wildman–Crippen MR) is 151 cm³/mol. The molecule has 4 rings (SSSR count). The second kappa shape index (κ2) is 12.5. The minimum atomic E-state index is -1.66. The number of benzene rings is 4. The first kappa shape index (κ1) is 32.2. The van der Waals surface area contributed by atoms with E-state index in [0.717, 1.165) is 24.3 Å². The first-order valence-electron chi connectivity index (χ1n) is 12.9. The summed E-state index contributed by atoms with van der Waals surface area (Å²) in [5.74, 6) is -8.94. The van der Waals surface area contributed by atoms with E-state index in [2.05, 4.69) is 0 Å². The summed E-state index contributed by atoms with van der Waals surface area (Å²) in [6, 6.07) is 3.20. The Kier molecular flexibility index (Phi) is 9.12. The molecule has 0 aromatic heterocycles. The molecule has 6 nitrogen and oxygen atoms in total. The maximum absolute atomic E-state index is 14.5. The van der Waals surface area contributed by atoms with Crippen LogP contribution < -0.4 is 28.4 Å². The highest BCUT2D eigenvalue weighted by molar-refractivity contribution is 5.98. The summed E-state index contributed by atoms with van der Waals surface area (Å²) in [4.78, 5) is 0. The molecule has 0 saturated heterocycles. The lowest BCUT2D eigenvalue weighted by Crippen LogP contribution is -2.07. The second-order valence-electron chi connectivity index (χ2n) is 9.46. The Hall–Kier alpha value is -4.74. The van der Waals surface area contributed by atoms with Crippen molar-refractivity contribution in [2.75, 3.05) is 42.7 Å². The van der Waals surface area contributed by atoms with Gasteiger partial charge in [0.2, 0.25) is 11.5 Å². The van der Waals surface area contributed by atoms with Crippen LogP contribution >= 0.6 is 0 Å². The topological polar surface area (TPSA) is 55.4 Å². The summed E-state index contributed by atoms with van der Waals surface area (Å²) in [7, 11) is 7.89. The van der Waals surface area contributed by atoms with Crippen molar-refractivity contribution in [3.63, 3.8) is 0 Å². The number of hydrogen-bond donors (Lipinski definition) is 0. The summed E-state index contributed by atoms with van der Waals surface area (Å²) in [6.45, 7) is 3.17. The van der Waals surface area contributed by atoms with Gasteiger partial charge in [0.15, 0.2) is 57.9 Å². The first-order chi connectivity index (χ1) is 20.9. The van der Waals surface area contributed by atoms with E-state index < -0.39 is 34.9 Å². The minimum absolute atomic E-state index is 0.00704. The van der Waals surface area contributed by atoms with Gasteiger partial charge in [-0.2, -0.15) is 0 Å². The Balaban J connectivity index is 2.30. The average Bonchev–Trinajstić information content (AvgIpc) is 3.00. The highest BCUT2D eigenvalue weighted by atomic mass is 19.2. The summed E-state index contributed by atoms with van der Waals surface area (Å²) in [6.07, 6.45) is 0. The van der Waals surface area contributed by atoms with Crippen molar-refractivity contribution < 1.29 is 54.8 Å². The fourth-order valence-corrected chi connectivity index (χ4v) is 5.44. The monoisotopic (exact) mass is 622 g/mol. The normalized spacial score (nSPS) is 11.0. The first-order valence-corrected chi connectivity index (χ1v) is 12.9. The molecule has 0 fully saturated rings. The van der Waals surface area contributed by atoms with Gasteiger partial charge in [-0.15, -0.1) is 0 Å².